The van der Waals surface area contributed by atoms with Crippen LogP contribution in [0.15, 0.2) is 12.2 Å². The number of nitrogens with two attached hydrogens (primary N) is 1. The number of rotatable bonds is 2. The Morgan fingerprint density at radius 3 is 2.43 bits per heavy atom. The van der Waals surface area contributed by atoms with Gasteiger partial charge in [-0.3, -0.25) is 4.79 Å². The van der Waals surface area contributed by atoms with Crippen LogP contribution < -0.4 is 5.73 Å². The minimum atomic E-state index is -0.400. The summed E-state index contributed by atoms with van der Waals surface area (Å²) in [4.78, 5) is 10.1. The van der Waals surface area contributed by atoms with Gasteiger partial charge in [-0.05, 0) is 6.42 Å². The number of hydrogen-bond acceptors (Lipinski definition) is 1. The predicted molar refractivity (Wildman–Crippen MR) is 30.7 cm³/mol. The Balaban J connectivity index is 0. The van der Waals surface area contributed by atoms with Crippen molar-refractivity contribution in [2.24, 2.45) is 5.73 Å². The van der Waals surface area contributed by atoms with Gasteiger partial charge in [-0.15, -0.1) is 0 Å². The molecule has 7 heavy (non-hydrogen) atoms. The maximum atomic E-state index is 10.1. The van der Waals surface area contributed by atoms with Crippen LogP contribution in [0.25, 0.3) is 0 Å². The Morgan fingerprint density at radius 2 is 2.43 bits per heavy atom. The van der Waals surface area contributed by atoms with Crippen LogP contribution in [0, 0.1) is 0 Å². The van der Waals surface area contributed by atoms with Crippen molar-refractivity contribution in [3.8, 4) is 0 Å². The van der Waals surface area contributed by atoms with E-state index in [-0.39, 0.29) is 1.43 Å². The van der Waals surface area contributed by atoms with Crippen molar-refractivity contribution in [2.45, 2.75) is 13.3 Å². The molecule has 0 rings (SSSR count). The first-order chi connectivity index (χ1) is 3.18. The monoisotopic (exact) mass is 101 g/mol. The lowest BCUT2D eigenvalue weighted by atomic mass is 10.2. The molecule has 0 aliphatic rings. The number of amides is 1. The fourth-order valence-corrected chi connectivity index (χ4v) is 0.174. The minimum absolute atomic E-state index is 0. The Kier molecular flexibility index (Phi) is 2.12. The molecule has 0 spiro atoms. The zero-order valence-electron chi connectivity index (χ0n) is 4.40. The Hall–Kier alpha value is -0.790. The molecule has 42 valence electrons. The first-order valence-corrected chi connectivity index (χ1v) is 2.16. The molecule has 2 nitrogen and oxygen atoms in total. The van der Waals surface area contributed by atoms with Gasteiger partial charge in [0.25, 0.3) is 0 Å². The van der Waals surface area contributed by atoms with Crippen molar-refractivity contribution in [1.82, 2.24) is 0 Å². The van der Waals surface area contributed by atoms with E-state index in [1.54, 1.807) is 0 Å². The largest absolute Gasteiger partial charge is 0.366 e. The average molecular weight is 101 g/mol. The van der Waals surface area contributed by atoms with Gasteiger partial charge in [0.15, 0.2) is 0 Å². The summed E-state index contributed by atoms with van der Waals surface area (Å²) in [5.41, 5.74) is 5.29. The lowest BCUT2D eigenvalue weighted by Gasteiger charge is -1.89. The highest BCUT2D eigenvalue weighted by molar-refractivity contribution is 5.91. The minimum Gasteiger partial charge on any atom is -0.366 e. The maximum Gasteiger partial charge on any atom is 0.244 e. The third-order valence-electron chi connectivity index (χ3n) is 0.775. The molecule has 1 amide bonds. The number of carbonyl (C=O) groups is 1. The second-order valence-corrected chi connectivity index (χ2v) is 1.32. The number of carbonyl (C=O) groups excluding carboxylic acids is 1. The molecule has 0 heterocycles. The first kappa shape index (κ1) is 6.21. The van der Waals surface area contributed by atoms with Crippen LogP contribution in [0.3, 0.4) is 0 Å². The van der Waals surface area contributed by atoms with Gasteiger partial charge in [-0.25, -0.2) is 0 Å². The van der Waals surface area contributed by atoms with Crippen LogP contribution >= 0.6 is 0 Å². The van der Waals surface area contributed by atoms with Crippen molar-refractivity contribution in [1.29, 1.82) is 0 Å². The van der Waals surface area contributed by atoms with Gasteiger partial charge in [0.1, 0.15) is 0 Å². The summed E-state index contributed by atoms with van der Waals surface area (Å²) in [6, 6.07) is 0. The maximum absolute atomic E-state index is 10.1. The molecular weight excluding hydrogens is 90.1 g/mol. The standard InChI is InChI=1S/C5H9NO.H2/c1-3-4(2)5(6)7;/h2-3H2,1H3,(H2,6,7);1H. The second kappa shape index (κ2) is 2.39. The molecule has 0 saturated heterocycles. The quantitative estimate of drug-likeness (QED) is 0.511. The highest BCUT2D eigenvalue weighted by Gasteiger charge is 1.93. The van der Waals surface area contributed by atoms with Crippen molar-refractivity contribution in [2.75, 3.05) is 0 Å². The van der Waals surface area contributed by atoms with E-state index in [0.717, 1.165) is 0 Å². The molecule has 0 aliphatic carbocycles. The SMILES string of the molecule is C=C(CC)C(N)=O.[HH]. The summed E-state index contributed by atoms with van der Waals surface area (Å²) < 4.78 is 0. The lowest BCUT2D eigenvalue weighted by Crippen LogP contribution is -2.11. The highest BCUT2D eigenvalue weighted by Crippen LogP contribution is 1.91. The zero-order valence-corrected chi connectivity index (χ0v) is 4.40. The predicted octanol–water partition coefficient (Wildman–Crippen LogP) is 0.684. The van der Waals surface area contributed by atoms with E-state index < -0.39 is 5.91 Å². The van der Waals surface area contributed by atoms with E-state index in [4.69, 9.17) is 5.73 Å². The zero-order chi connectivity index (χ0) is 5.86. The molecular formula is C5H11NO. The van der Waals surface area contributed by atoms with E-state index in [1.165, 1.54) is 0 Å². The summed E-state index contributed by atoms with van der Waals surface area (Å²) >= 11 is 0. The van der Waals surface area contributed by atoms with Gasteiger partial charge in [0, 0.05) is 7.00 Å². The molecule has 2 heteroatoms. The van der Waals surface area contributed by atoms with Crippen molar-refractivity contribution in [3.63, 3.8) is 0 Å². The Labute approximate surface area is 44.5 Å². The summed E-state index contributed by atoms with van der Waals surface area (Å²) in [6.45, 7) is 5.24. The summed E-state index contributed by atoms with van der Waals surface area (Å²) in [7, 11) is 0. The van der Waals surface area contributed by atoms with Crippen LogP contribution in [0.2, 0.25) is 0 Å². The summed E-state index contributed by atoms with van der Waals surface area (Å²) in [5, 5.41) is 0. The molecule has 0 aliphatic heterocycles. The van der Waals surface area contributed by atoms with E-state index >= 15 is 0 Å². The molecule has 2 N–H and O–H groups in total. The van der Waals surface area contributed by atoms with E-state index in [1.807, 2.05) is 6.92 Å². The number of hydrogen-bond donors (Lipinski definition) is 1. The third kappa shape index (κ3) is 1.98. The van der Waals surface area contributed by atoms with Crippen LogP contribution in [-0.2, 0) is 4.79 Å². The van der Waals surface area contributed by atoms with Gasteiger partial charge < -0.3 is 5.73 Å². The van der Waals surface area contributed by atoms with E-state index in [0.29, 0.717) is 12.0 Å². The molecule has 0 radical (unpaired) electrons. The smallest absolute Gasteiger partial charge is 0.244 e. The molecule has 0 aromatic carbocycles. The van der Waals surface area contributed by atoms with Crippen LogP contribution in [0.4, 0.5) is 0 Å². The normalized spacial score (nSPS) is 8.14. The molecule has 0 aromatic rings. The highest BCUT2D eigenvalue weighted by atomic mass is 16.1. The van der Waals surface area contributed by atoms with Gasteiger partial charge >= 0.3 is 0 Å². The molecule has 0 bridgehead atoms. The van der Waals surface area contributed by atoms with Crippen LogP contribution in [-0.4, -0.2) is 5.91 Å². The molecule has 0 fully saturated rings. The van der Waals surface area contributed by atoms with E-state index in [9.17, 15) is 4.79 Å². The van der Waals surface area contributed by atoms with Gasteiger partial charge in [-0.2, -0.15) is 0 Å². The third-order valence-corrected chi connectivity index (χ3v) is 0.775. The van der Waals surface area contributed by atoms with Crippen LogP contribution in [0.1, 0.15) is 14.8 Å². The van der Waals surface area contributed by atoms with Crippen LogP contribution in [0.5, 0.6) is 0 Å². The first-order valence-electron chi connectivity index (χ1n) is 2.16. The molecule has 0 saturated carbocycles. The van der Waals surface area contributed by atoms with Crippen molar-refractivity contribution >= 4 is 5.91 Å². The Bertz CT molecular complexity index is 101. The average Bonchev–Trinajstić information content (AvgIpc) is 1.65. The lowest BCUT2D eigenvalue weighted by molar-refractivity contribution is -0.114. The van der Waals surface area contributed by atoms with Gasteiger partial charge in [-0.1, -0.05) is 13.5 Å². The fourth-order valence-electron chi connectivity index (χ4n) is 0.174. The summed E-state index contributed by atoms with van der Waals surface area (Å²) in [5.74, 6) is -0.400. The van der Waals surface area contributed by atoms with Gasteiger partial charge in [0.05, 0.1) is 0 Å². The fraction of sp³-hybridized carbons (Fsp3) is 0.400. The Morgan fingerprint density at radius 1 is 2.00 bits per heavy atom. The second-order valence-electron chi connectivity index (χ2n) is 1.32. The van der Waals surface area contributed by atoms with E-state index in [2.05, 4.69) is 6.58 Å². The number of primary amides is 1. The van der Waals surface area contributed by atoms with Crippen molar-refractivity contribution < 1.29 is 6.22 Å². The van der Waals surface area contributed by atoms with Crippen molar-refractivity contribution in [3.05, 3.63) is 12.2 Å². The molecule has 0 unspecified atom stereocenters. The molecule has 0 aromatic heterocycles. The topological polar surface area (TPSA) is 43.1 Å². The van der Waals surface area contributed by atoms with Gasteiger partial charge in [0.2, 0.25) is 5.91 Å². The summed E-state index contributed by atoms with van der Waals surface area (Å²) in [6.07, 6.45) is 0.648. The molecule has 0 atom stereocenters.